The molecular formula is C21H28N4O2. The first-order chi connectivity index (χ1) is 13.1. The third kappa shape index (κ3) is 5.80. The molecule has 1 aromatic rings. The van der Waals surface area contributed by atoms with Crippen molar-refractivity contribution < 1.29 is 9.59 Å². The average Bonchev–Trinajstić information content (AvgIpc) is 3.20. The number of carbonyl (C=O) groups excluding carboxylic acids is 2. The van der Waals surface area contributed by atoms with Gasteiger partial charge in [0.25, 0.3) is 0 Å². The number of nitriles is 1. The van der Waals surface area contributed by atoms with E-state index < -0.39 is 0 Å². The standard InChI is InChI=1S/C21H28N4O2/c22-15-18-6-3-7-19(14-18)23-20(26)16-24-10-12-25(13-11-24)21(27)9-8-17-4-1-2-5-17/h3,6-7,14,17H,1-2,4-5,8-13,16H2,(H,23,26). The van der Waals surface area contributed by atoms with Crippen LogP contribution in [0.15, 0.2) is 24.3 Å². The number of piperazine rings is 1. The van der Waals surface area contributed by atoms with Crippen LogP contribution < -0.4 is 5.32 Å². The molecule has 1 heterocycles. The van der Waals surface area contributed by atoms with Crippen LogP contribution in [-0.2, 0) is 9.59 Å². The summed E-state index contributed by atoms with van der Waals surface area (Å²) in [5.41, 5.74) is 1.16. The highest BCUT2D eigenvalue weighted by Gasteiger charge is 2.23. The number of nitrogens with one attached hydrogen (secondary N) is 1. The van der Waals surface area contributed by atoms with Gasteiger partial charge in [-0.15, -0.1) is 0 Å². The molecule has 144 valence electrons. The maximum absolute atomic E-state index is 12.4. The number of benzene rings is 1. The van der Waals surface area contributed by atoms with E-state index in [2.05, 4.69) is 16.3 Å². The highest BCUT2D eigenvalue weighted by Crippen LogP contribution is 2.28. The van der Waals surface area contributed by atoms with Crippen LogP contribution in [-0.4, -0.2) is 54.3 Å². The summed E-state index contributed by atoms with van der Waals surface area (Å²) in [6.07, 6.45) is 6.91. The molecule has 1 N–H and O–H groups in total. The molecule has 0 atom stereocenters. The minimum Gasteiger partial charge on any atom is -0.340 e. The first-order valence-electron chi connectivity index (χ1n) is 9.94. The van der Waals surface area contributed by atoms with Crippen LogP contribution in [0.3, 0.4) is 0 Å². The summed E-state index contributed by atoms with van der Waals surface area (Å²) >= 11 is 0. The van der Waals surface area contributed by atoms with Crippen molar-refractivity contribution in [3.05, 3.63) is 29.8 Å². The highest BCUT2D eigenvalue weighted by molar-refractivity contribution is 5.92. The Kier molecular flexibility index (Phi) is 6.83. The molecule has 6 heteroatoms. The van der Waals surface area contributed by atoms with Gasteiger partial charge in [0.05, 0.1) is 18.2 Å². The summed E-state index contributed by atoms with van der Waals surface area (Å²) in [5, 5.41) is 11.8. The molecule has 27 heavy (non-hydrogen) atoms. The van der Waals surface area contributed by atoms with Crippen molar-refractivity contribution in [3.8, 4) is 6.07 Å². The van der Waals surface area contributed by atoms with Gasteiger partial charge in [0.2, 0.25) is 11.8 Å². The molecule has 0 spiro atoms. The Labute approximate surface area is 161 Å². The number of nitrogens with zero attached hydrogens (tertiary/aromatic N) is 3. The maximum Gasteiger partial charge on any atom is 0.238 e. The van der Waals surface area contributed by atoms with Crippen molar-refractivity contribution in [1.29, 1.82) is 5.26 Å². The van der Waals surface area contributed by atoms with Gasteiger partial charge in [-0.25, -0.2) is 0 Å². The lowest BCUT2D eigenvalue weighted by Gasteiger charge is -2.34. The zero-order valence-corrected chi connectivity index (χ0v) is 15.8. The maximum atomic E-state index is 12.4. The second kappa shape index (κ2) is 9.52. The Morgan fingerprint density at radius 2 is 1.89 bits per heavy atom. The van der Waals surface area contributed by atoms with Gasteiger partial charge >= 0.3 is 0 Å². The molecule has 0 aromatic heterocycles. The lowest BCUT2D eigenvalue weighted by Crippen LogP contribution is -2.50. The van der Waals surface area contributed by atoms with Gasteiger partial charge in [-0.1, -0.05) is 31.7 Å². The van der Waals surface area contributed by atoms with E-state index in [1.807, 2.05) is 4.90 Å². The molecular weight excluding hydrogens is 340 g/mol. The van der Waals surface area contributed by atoms with Gasteiger partial charge in [-0.2, -0.15) is 5.26 Å². The topological polar surface area (TPSA) is 76.4 Å². The molecule has 0 radical (unpaired) electrons. The summed E-state index contributed by atoms with van der Waals surface area (Å²) in [5.74, 6) is 0.920. The predicted octanol–water partition coefficient (Wildman–Crippen LogP) is 2.61. The van der Waals surface area contributed by atoms with Crippen molar-refractivity contribution in [3.63, 3.8) is 0 Å². The summed E-state index contributed by atoms with van der Waals surface area (Å²) < 4.78 is 0. The summed E-state index contributed by atoms with van der Waals surface area (Å²) in [6, 6.07) is 8.97. The first-order valence-corrected chi connectivity index (χ1v) is 9.94. The van der Waals surface area contributed by atoms with Gasteiger partial charge in [0, 0.05) is 38.3 Å². The summed E-state index contributed by atoms with van der Waals surface area (Å²) in [7, 11) is 0. The highest BCUT2D eigenvalue weighted by atomic mass is 16.2. The van der Waals surface area contributed by atoms with E-state index in [-0.39, 0.29) is 11.8 Å². The Hall–Kier alpha value is -2.39. The average molecular weight is 368 g/mol. The van der Waals surface area contributed by atoms with Crippen LogP contribution in [0.2, 0.25) is 0 Å². The number of hydrogen-bond acceptors (Lipinski definition) is 4. The number of amides is 2. The van der Waals surface area contributed by atoms with Gasteiger partial charge in [0.1, 0.15) is 0 Å². The normalized spacial score (nSPS) is 18.3. The van der Waals surface area contributed by atoms with Crippen molar-refractivity contribution >= 4 is 17.5 Å². The molecule has 0 unspecified atom stereocenters. The van der Waals surface area contributed by atoms with E-state index in [1.54, 1.807) is 24.3 Å². The minimum absolute atomic E-state index is 0.0916. The minimum atomic E-state index is -0.0916. The third-order valence-corrected chi connectivity index (χ3v) is 5.61. The van der Waals surface area contributed by atoms with Crippen molar-refractivity contribution in [2.24, 2.45) is 5.92 Å². The van der Waals surface area contributed by atoms with Crippen molar-refractivity contribution in [1.82, 2.24) is 9.80 Å². The molecule has 6 nitrogen and oxygen atoms in total. The quantitative estimate of drug-likeness (QED) is 0.837. The van der Waals surface area contributed by atoms with E-state index in [0.717, 1.165) is 25.4 Å². The Balaban J connectivity index is 1.37. The Bertz CT molecular complexity index is 698. The first kappa shape index (κ1) is 19.4. The number of anilines is 1. The smallest absolute Gasteiger partial charge is 0.238 e. The number of carbonyl (C=O) groups is 2. The zero-order chi connectivity index (χ0) is 19.1. The van der Waals surface area contributed by atoms with Crippen LogP contribution in [0.4, 0.5) is 5.69 Å². The fourth-order valence-electron chi connectivity index (χ4n) is 4.01. The lowest BCUT2D eigenvalue weighted by atomic mass is 10.0. The molecule has 2 amide bonds. The lowest BCUT2D eigenvalue weighted by molar-refractivity contribution is -0.133. The Morgan fingerprint density at radius 1 is 1.15 bits per heavy atom. The third-order valence-electron chi connectivity index (χ3n) is 5.61. The fourth-order valence-corrected chi connectivity index (χ4v) is 4.01. The number of hydrogen-bond donors (Lipinski definition) is 1. The Morgan fingerprint density at radius 3 is 2.59 bits per heavy atom. The van der Waals surface area contributed by atoms with Gasteiger partial charge in [0.15, 0.2) is 0 Å². The zero-order valence-electron chi connectivity index (χ0n) is 15.8. The van der Waals surface area contributed by atoms with Crippen LogP contribution >= 0.6 is 0 Å². The summed E-state index contributed by atoms with van der Waals surface area (Å²) in [6.45, 7) is 3.14. The molecule has 1 aliphatic heterocycles. The largest absolute Gasteiger partial charge is 0.340 e. The summed E-state index contributed by atoms with van der Waals surface area (Å²) in [4.78, 5) is 28.6. The van der Waals surface area contributed by atoms with E-state index in [0.29, 0.717) is 37.3 Å². The van der Waals surface area contributed by atoms with E-state index in [1.165, 1.54) is 25.7 Å². The fraction of sp³-hybridized carbons (Fsp3) is 0.571. The molecule has 1 saturated heterocycles. The SMILES string of the molecule is N#Cc1cccc(NC(=O)CN2CCN(C(=O)CCC3CCCC3)CC2)c1. The van der Waals surface area contributed by atoms with E-state index >= 15 is 0 Å². The molecule has 2 fully saturated rings. The van der Waals surface area contributed by atoms with E-state index in [9.17, 15) is 9.59 Å². The van der Waals surface area contributed by atoms with Crippen LogP contribution in [0.25, 0.3) is 0 Å². The monoisotopic (exact) mass is 368 g/mol. The second-order valence-electron chi connectivity index (χ2n) is 7.59. The van der Waals surface area contributed by atoms with Gasteiger partial charge in [-0.3, -0.25) is 14.5 Å². The van der Waals surface area contributed by atoms with Gasteiger partial charge in [-0.05, 0) is 30.5 Å². The second-order valence-corrected chi connectivity index (χ2v) is 7.59. The van der Waals surface area contributed by atoms with Gasteiger partial charge < -0.3 is 10.2 Å². The molecule has 1 aliphatic carbocycles. The van der Waals surface area contributed by atoms with Crippen LogP contribution in [0.1, 0.15) is 44.1 Å². The molecule has 1 aromatic carbocycles. The molecule has 0 bridgehead atoms. The predicted molar refractivity (Wildman–Crippen MR) is 104 cm³/mol. The van der Waals surface area contributed by atoms with Crippen LogP contribution in [0, 0.1) is 17.2 Å². The molecule has 3 rings (SSSR count). The van der Waals surface area contributed by atoms with E-state index in [4.69, 9.17) is 5.26 Å². The number of rotatable bonds is 6. The molecule has 2 aliphatic rings. The van der Waals surface area contributed by atoms with Crippen LogP contribution in [0.5, 0.6) is 0 Å². The van der Waals surface area contributed by atoms with Crippen molar-refractivity contribution in [2.75, 3.05) is 38.0 Å². The van der Waals surface area contributed by atoms with Crippen molar-refractivity contribution in [2.45, 2.75) is 38.5 Å². The molecule has 1 saturated carbocycles.